The molecule has 1 amide bonds. The Balaban J connectivity index is 1.50. The first-order valence-corrected chi connectivity index (χ1v) is 7.66. The molecule has 112 valence electrons. The second-order valence-electron chi connectivity index (χ2n) is 5.30. The highest BCUT2D eigenvalue weighted by molar-refractivity contribution is 6.30. The Bertz CT molecular complexity index is 777. The van der Waals surface area contributed by atoms with Crippen LogP contribution < -0.4 is 5.32 Å². The fourth-order valence-electron chi connectivity index (χ4n) is 2.40. The molecule has 0 spiro atoms. The van der Waals surface area contributed by atoms with Gasteiger partial charge in [0.15, 0.2) is 0 Å². The van der Waals surface area contributed by atoms with E-state index >= 15 is 0 Å². The molecule has 0 saturated carbocycles. The zero-order chi connectivity index (χ0) is 15.4. The van der Waals surface area contributed by atoms with E-state index in [1.54, 1.807) is 0 Å². The van der Waals surface area contributed by atoms with Gasteiger partial charge in [-0.1, -0.05) is 35.9 Å². The molecule has 0 atom stereocenters. The van der Waals surface area contributed by atoms with E-state index in [0.29, 0.717) is 18.0 Å². The van der Waals surface area contributed by atoms with Crippen molar-refractivity contribution in [3.8, 4) is 0 Å². The highest BCUT2D eigenvalue weighted by Crippen LogP contribution is 2.15. The van der Waals surface area contributed by atoms with Crippen molar-refractivity contribution in [3.63, 3.8) is 0 Å². The number of carbonyl (C=O) groups excluding carboxylic acids is 1. The van der Waals surface area contributed by atoms with Crippen LogP contribution in [0.2, 0.25) is 5.02 Å². The molecule has 1 heterocycles. The normalized spacial score (nSPS) is 10.8. The minimum atomic E-state index is 0.0570. The number of hydrogen-bond acceptors (Lipinski definition) is 1. The molecule has 0 aliphatic carbocycles. The summed E-state index contributed by atoms with van der Waals surface area (Å²) in [5.74, 6) is 0.0570. The van der Waals surface area contributed by atoms with Gasteiger partial charge in [-0.3, -0.25) is 4.79 Å². The van der Waals surface area contributed by atoms with Gasteiger partial charge in [0, 0.05) is 29.7 Å². The maximum absolute atomic E-state index is 11.9. The van der Waals surface area contributed by atoms with E-state index in [-0.39, 0.29) is 5.91 Å². The van der Waals surface area contributed by atoms with Crippen LogP contribution in [-0.4, -0.2) is 10.9 Å². The number of benzene rings is 2. The van der Waals surface area contributed by atoms with Crippen molar-refractivity contribution < 1.29 is 4.79 Å². The average molecular weight is 313 g/mol. The van der Waals surface area contributed by atoms with Gasteiger partial charge in [0.2, 0.25) is 5.91 Å². The smallest absolute Gasteiger partial charge is 0.220 e. The summed E-state index contributed by atoms with van der Waals surface area (Å²) in [7, 11) is 0. The van der Waals surface area contributed by atoms with Crippen molar-refractivity contribution in [2.75, 3.05) is 0 Å². The van der Waals surface area contributed by atoms with Gasteiger partial charge in [0.1, 0.15) is 0 Å². The standard InChI is InChI=1S/C18H17ClN2O/c19-16-6-2-14(3-7-16)12-21-18(22)8-4-13-1-5-15-9-10-20-17(15)11-13/h1-3,5-7,9-11,20H,4,8,12H2,(H,21,22). The van der Waals surface area contributed by atoms with E-state index in [1.165, 1.54) is 5.39 Å². The van der Waals surface area contributed by atoms with Gasteiger partial charge >= 0.3 is 0 Å². The zero-order valence-electron chi connectivity index (χ0n) is 12.1. The molecule has 2 N–H and O–H groups in total. The molecule has 0 fully saturated rings. The van der Waals surface area contributed by atoms with Crippen LogP contribution in [0.15, 0.2) is 54.7 Å². The van der Waals surface area contributed by atoms with Crippen LogP contribution in [0.25, 0.3) is 10.9 Å². The topological polar surface area (TPSA) is 44.9 Å². The van der Waals surface area contributed by atoms with E-state index in [2.05, 4.69) is 28.5 Å². The summed E-state index contributed by atoms with van der Waals surface area (Å²) in [6.07, 6.45) is 3.15. The Kier molecular flexibility index (Phi) is 4.45. The Hall–Kier alpha value is -2.26. The molecule has 0 saturated heterocycles. The first kappa shape index (κ1) is 14.7. The molecular weight excluding hydrogens is 296 g/mol. The highest BCUT2D eigenvalue weighted by atomic mass is 35.5. The first-order valence-electron chi connectivity index (χ1n) is 7.28. The van der Waals surface area contributed by atoms with Crippen LogP contribution in [-0.2, 0) is 17.8 Å². The van der Waals surface area contributed by atoms with Gasteiger partial charge < -0.3 is 10.3 Å². The van der Waals surface area contributed by atoms with Crippen LogP contribution in [0.5, 0.6) is 0 Å². The van der Waals surface area contributed by atoms with Gasteiger partial charge in [0.25, 0.3) is 0 Å². The molecule has 3 nitrogen and oxygen atoms in total. The number of nitrogens with one attached hydrogen (secondary N) is 2. The minimum absolute atomic E-state index is 0.0570. The van der Waals surface area contributed by atoms with Crippen LogP contribution in [0.3, 0.4) is 0 Å². The molecule has 0 unspecified atom stereocenters. The van der Waals surface area contributed by atoms with Crippen molar-refractivity contribution in [3.05, 3.63) is 70.9 Å². The second kappa shape index (κ2) is 6.67. The number of halogens is 1. The van der Waals surface area contributed by atoms with E-state index in [1.807, 2.05) is 36.5 Å². The number of hydrogen-bond donors (Lipinski definition) is 2. The number of aryl methyl sites for hydroxylation is 1. The van der Waals surface area contributed by atoms with Crippen molar-refractivity contribution in [1.82, 2.24) is 10.3 Å². The number of amides is 1. The molecule has 0 aliphatic heterocycles. The van der Waals surface area contributed by atoms with Crippen molar-refractivity contribution in [2.24, 2.45) is 0 Å². The number of carbonyl (C=O) groups is 1. The lowest BCUT2D eigenvalue weighted by molar-refractivity contribution is -0.121. The molecule has 3 aromatic rings. The van der Waals surface area contributed by atoms with Gasteiger partial charge in [-0.05, 0) is 47.2 Å². The summed E-state index contributed by atoms with van der Waals surface area (Å²) >= 11 is 5.84. The monoisotopic (exact) mass is 312 g/mol. The third-order valence-electron chi connectivity index (χ3n) is 3.66. The molecule has 4 heteroatoms. The number of H-pyrrole nitrogens is 1. The maximum Gasteiger partial charge on any atom is 0.220 e. The molecule has 1 aromatic heterocycles. The third-order valence-corrected chi connectivity index (χ3v) is 3.92. The van der Waals surface area contributed by atoms with Crippen molar-refractivity contribution in [1.29, 1.82) is 0 Å². The van der Waals surface area contributed by atoms with Crippen LogP contribution in [0.1, 0.15) is 17.5 Å². The Morgan fingerprint density at radius 3 is 2.64 bits per heavy atom. The molecule has 0 radical (unpaired) electrons. The molecule has 2 aromatic carbocycles. The lowest BCUT2D eigenvalue weighted by Gasteiger charge is -2.06. The Labute approximate surface area is 134 Å². The summed E-state index contributed by atoms with van der Waals surface area (Å²) in [6.45, 7) is 0.533. The van der Waals surface area contributed by atoms with E-state index in [0.717, 1.165) is 23.1 Å². The average Bonchev–Trinajstić information content (AvgIpc) is 3.00. The predicted molar refractivity (Wildman–Crippen MR) is 89.9 cm³/mol. The van der Waals surface area contributed by atoms with Crippen LogP contribution in [0, 0.1) is 0 Å². The molecule has 0 aliphatic rings. The second-order valence-corrected chi connectivity index (χ2v) is 5.74. The number of aromatic amines is 1. The van der Waals surface area contributed by atoms with E-state index in [4.69, 9.17) is 11.6 Å². The molecular formula is C18H17ClN2O. The number of fused-ring (bicyclic) bond motifs is 1. The minimum Gasteiger partial charge on any atom is -0.361 e. The lowest BCUT2D eigenvalue weighted by atomic mass is 10.1. The summed E-state index contributed by atoms with van der Waals surface area (Å²) in [4.78, 5) is 15.1. The van der Waals surface area contributed by atoms with E-state index < -0.39 is 0 Å². The fourth-order valence-corrected chi connectivity index (χ4v) is 2.53. The number of aromatic nitrogens is 1. The summed E-state index contributed by atoms with van der Waals surface area (Å²) in [5, 5.41) is 4.83. The summed E-state index contributed by atoms with van der Waals surface area (Å²) in [6, 6.07) is 15.8. The zero-order valence-corrected chi connectivity index (χ0v) is 12.9. The Morgan fingerprint density at radius 2 is 1.82 bits per heavy atom. The van der Waals surface area contributed by atoms with Gasteiger partial charge in [-0.15, -0.1) is 0 Å². The van der Waals surface area contributed by atoms with Crippen molar-refractivity contribution >= 4 is 28.4 Å². The predicted octanol–water partition coefficient (Wildman–Crippen LogP) is 4.07. The quantitative estimate of drug-likeness (QED) is 0.733. The van der Waals surface area contributed by atoms with Gasteiger partial charge in [-0.25, -0.2) is 0 Å². The summed E-state index contributed by atoms with van der Waals surface area (Å²) < 4.78 is 0. The molecule has 3 rings (SSSR count). The highest BCUT2D eigenvalue weighted by Gasteiger charge is 2.04. The van der Waals surface area contributed by atoms with Gasteiger partial charge in [-0.2, -0.15) is 0 Å². The van der Waals surface area contributed by atoms with Crippen LogP contribution in [0.4, 0.5) is 0 Å². The van der Waals surface area contributed by atoms with E-state index in [9.17, 15) is 4.79 Å². The first-order chi connectivity index (χ1) is 10.7. The lowest BCUT2D eigenvalue weighted by Crippen LogP contribution is -2.22. The molecule has 0 bridgehead atoms. The summed E-state index contributed by atoms with van der Waals surface area (Å²) in [5.41, 5.74) is 3.32. The van der Waals surface area contributed by atoms with Crippen molar-refractivity contribution in [2.45, 2.75) is 19.4 Å². The SMILES string of the molecule is O=C(CCc1ccc2cc[nH]c2c1)NCc1ccc(Cl)cc1. The van der Waals surface area contributed by atoms with Crippen LogP contribution >= 0.6 is 11.6 Å². The number of rotatable bonds is 5. The van der Waals surface area contributed by atoms with Gasteiger partial charge in [0.05, 0.1) is 0 Å². The molecule has 22 heavy (non-hydrogen) atoms. The fraction of sp³-hybridized carbons (Fsp3) is 0.167. The largest absolute Gasteiger partial charge is 0.361 e. The maximum atomic E-state index is 11.9. The Morgan fingerprint density at radius 1 is 1.05 bits per heavy atom. The third kappa shape index (κ3) is 3.68.